The van der Waals surface area contributed by atoms with E-state index in [-0.39, 0.29) is 37.3 Å². The number of carbonyl (C=O) groups is 3. The summed E-state index contributed by atoms with van der Waals surface area (Å²) in [6.45, 7) is 5.69. The Labute approximate surface area is 233 Å². The lowest BCUT2D eigenvalue weighted by Crippen LogP contribution is -2.69. The summed E-state index contributed by atoms with van der Waals surface area (Å²) in [5.74, 6) is -0.887. The van der Waals surface area contributed by atoms with Crippen LogP contribution in [0.2, 0.25) is 0 Å². The normalized spacial score (nSPS) is 42.1. The standard InChI is InChI=1S/C25H45N5O10/c1-11(31)28-9-14-6-7-16(29-12(2)32)23(38-14)40-21-17(30-13(3)33)8-15(26)20(18(21)34)39-24-19(35)22(27-5)25(4,36)10-37-24/h14-24,27,34-36H,6-10,26H2,1-5H3,(H,28,31)(H,29,32)(H,30,33)/t14-,15+,16+,17-,18-,19-,20-,21+,22+,23+,24+,25-/m0/s1. The zero-order valence-corrected chi connectivity index (χ0v) is 23.7. The first-order valence-corrected chi connectivity index (χ1v) is 13.6. The average molecular weight is 576 g/mol. The molecule has 2 saturated heterocycles. The Morgan fingerprint density at radius 3 is 2.17 bits per heavy atom. The van der Waals surface area contributed by atoms with Gasteiger partial charge in [-0.25, -0.2) is 0 Å². The minimum atomic E-state index is -1.41. The van der Waals surface area contributed by atoms with Crippen molar-refractivity contribution in [3.8, 4) is 0 Å². The van der Waals surface area contributed by atoms with Gasteiger partial charge in [0.1, 0.15) is 30.0 Å². The number of aliphatic hydroxyl groups is 3. The number of hydrogen-bond donors (Lipinski definition) is 8. The fourth-order valence-electron chi connectivity index (χ4n) is 5.66. The topological polar surface area (TPSA) is 223 Å². The van der Waals surface area contributed by atoms with E-state index in [4.69, 9.17) is 24.7 Å². The number of carbonyl (C=O) groups excluding carboxylic acids is 3. The van der Waals surface area contributed by atoms with Crippen molar-refractivity contribution in [3.63, 3.8) is 0 Å². The molecule has 3 aliphatic rings. The Kier molecular flexibility index (Phi) is 11.2. The van der Waals surface area contributed by atoms with Gasteiger partial charge in [0, 0.05) is 33.4 Å². The summed E-state index contributed by atoms with van der Waals surface area (Å²) in [4.78, 5) is 35.3. The largest absolute Gasteiger partial charge is 0.388 e. The van der Waals surface area contributed by atoms with Crippen LogP contribution in [0.1, 0.15) is 47.0 Å². The third kappa shape index (κ3) is 8.08. The van der Waals surface area contributed by atoms with Crippen molar-refractivity contribution in [3.05, 3.63) is 0 Å². The van der Waals surface area contributed by atoms with Crippen LogP contribution in [0.25, 0.3) is 0 Å². The van der Waals surface area contributed by atoms with Gasteiger partial charge in [-0.05, 0) is 33.2 Å². The van der Waals surface area contributed by atoms with Crippen molar-refractivity contribution in [2.24, 2.45) is 5.73 Å². The fourth-order valence-corrected chi connectivity index (χ4v) is 5.66. The Hall–Kier alpha value is -1.95. The first kappa shape index (κ1) is 32.6. The van der Waals surface area contributed by atoms with Crippen molar-refractivity contribution >= 4 is 17.7 Å². The molecule has 9 N–H and O–H groups in total. The lowest BCUT2D eigenvalue weighted by atomic mass is 9.83. The maximum Gasteiger partial charge on any atom is 0.217 e. The van der Waals surface area contributed by atoms with Crippen LogP contribution in [-0.4, -0.2) is 126 Å². The van der Waals surface area contributed by atoms with Crippen LogP contribution in [0.3, 0.4) is 0 Å². The molecule has 1 aliphatic carbocycles. The van der Waals surface area contributed by atoms with Crippen LogP contribution in [0.15, 0.2) is 0 Å². The molecule has 0 aromatic heterocycles. The first-order chi connectivity index (χ1) is 18.7. The summed E-state index contributed by atoms with van der Waals surface area (Å²) < 4.78 is 23.9. The van der Waals surface area contributed by atoms with Crippen LogP contribution >= 0.6 is 0 Å². The molecule has 0 unspecified atom stereocenters. The van der Waals surface area contributed by atoms with Crippen LogP contribution in [0.4, 0.5) is 0 Å². The van der Waals surface area contributed by atoms with Gasteiger partial charge in [-0.3, -0.25) is 14.4 Å². The minimum absolute atomic E-state index is 0.142. The number of nitrogens with one attached hydrogen (secondary N) is 4. The van der Waals surface area contributed by atoms with E-state index in [2.05, 4.69) is 21.3 Å². The molecular formula is C25H45N5O10. The first-order valence-electron chi connectivity index (χ1n) is 13.6. The smallest absolute Gasteiger partial charge is 0.217 e. The average Bonchev–Trinajstić information content (AvgIpc) is 2.84. The van der Waals surface area contributed by atoms with Crippen molar-refractivity contribution in [1.29, 1.82) is 0 Å². The van der Waals surface area contributed by atoms with E-state index in [1.165, 1.54) is 27.7 Å². The molecule has 40 heavy (non-hydrogen) atoms. The second kappa shape index (κ2) is 13.8. The van der Waals surface area contributed by atoms with E-state index in [0.717, 1.165) is 0 Å². The lowest BCUT2D eigenvalue weighted by molar-refractivity contribution is -0.307. The minimum Gasteiger partial charge on any atom is -0.388 e. The number of nitrogens with two attached hydrogens (primary N) is 1. The molecule has 0 bridgehead atoms. The summed E-state index contributed by atoms with van der Waals surface area (Å²) in [6, 6.07) is -2.86. The Balaban J connectivity index is 1.81. The molecule has 15 heteroatoms. The molecule has 3 amide bonds. The van der Waals surface area contributed by atoms with E-state index >= 15 is 0 Å². The summed E-state index contributed by atoms with van der Waals surface area (Å²) in [5.41, 5.74) is 5.01. The predicted octanol–water partition coefficient (Wildman–Crippen LogP) is -3.44. The molecule has 0 spiro atoms. The van der Waals surface area contributed by atoms with Crippen molar-refractivity contribution in [1.82, 2.24) is 21.3 Å². The molecule has 2 aliphatic heterocycles. The fraction of sp³-hybridized carbons (Fsp3) is 0.880. The third-order valence-electron chi connectivity index (χ3n) is 7.55. The number of aliphatic hydroxyl groups excluding tert-OH is 2. The second-order valence-corrected chi connectivity index (χ2v) is 11.1. The van der Waals surface area contributed by atoms with Gasteiger partial charge in [0.15, 0.2) is 12.6 Å². The molecule has 1 saturated carbocycles. The zero-order chi connectivity index (χ0) is 29.8. The molecule has 3 rings (SSSR count). The van der Waals surface area contributed by atoms with E-state index < -0.39 is 72.9 Å². The number of likely N-dealkylation sites (N-methyl/N-ethyl adjacent to an activating group) is 1. The van der Waals surface area contributed by atoms with E-state index in [0.29, 0.717) is 12.8 Å². The Morgan fingerprint density at radius 1 is 0.950 bits per heavy atom. The molecule has 230 valence electrons. The number of amides is 3. The highest BCUT2D eigenvalue weighted by Gasteiger charge is 2.51. The highest BCUT2D eigenvalue weighted by molar-refractivity contribution is 5.74. The molecule has 3 fully saturated rings. The molecular weight excluding hydrogens is 530 g/mol. The van der Waals surface area contributed by atoms with Crippen molar-refractivity contribution in [2.75, 3.05) is 20.2 Å². The predicted molar refractivity (Wildman–Crippen MR) is 139 cm³/mol. The van der Waals surface area contributed by atoms with Gasteiger partial charge in [-0.15, -0.1) is 0 Å². The van der Waals surface area contributed by atoms with Gasteiger partial charge >= 0.3 is 0 Å². The SMILES string of the molecule is CN[C@@H]1[C@H](O)[C@@H](O[C@@H]2[C@H](O)[C@H](O[C@H]3O[C@H](CNC(C)=O)CC[C@H]3NC(C)=O)[C@@H](NC(C)=O)C[C@H]2N)OC[C@]1(C)O. The lowest BCUT2D eigenvalue weighted by Gasteiger charge is -2.49. The van der Waals surface area contributed by atoms with E-state index in [1.54, 1.807) is 7.05 Å². The maximum atomic E-state index is 12.0. The van der Waals surface area contributed by atoms with Crippen LogP contribution in [0.5, 0.6) is 0 Å². The highest BCUT2D eigenvalue weighted by atomic mass is 16.7. The third-order valence-corrected chi connectivity index (χ3v) is 7.55. The van der Waals surface area contributed by atoms with Crippen molar-refractivity contribution < 1.29 is 48.7 Å². The van der Waals surface area contributed by atoms with Crippen molar-refractivity contribution in [2.45, 2.75) is 120 Å². The van der Waals surface area contributed by atoms with Gasteiger partial charge in [-0.2, -0.15) is 0 Å². The molecule has 2 heterocycles. The van der Waals surface area contributed by atoms with E-state index in [9.17, 15) is 29.7 Å². The van der Waals surface area contributed by atoms with Gasteiger partial charge < -0.3 is 61.3 Å². The van der Waals surface area contributed by atoms with E-state index in [1.807, 2.05) is 0 Å². The van der Waals surface area contributed by atoms with Gasteiger partial charge in [0.25, 0.3) is 0 Å². The summed E-state index contributed by atoms with van der Waals surface area (Å²) in [6.07, 6.45) is -6.37. The van der Waals surface area contributed by atoms with Crippen LogP contribution in [-0.2, 0) is 33.3 Å². The quantitative estimate of drug-likeness (QED) is 0.134. The maximum absolute atomic E-state index is 12.0. The number of hydrogen-bond acceptors (Lipinski definition) is 12. The van der Waals surface area contributed by atoms with Gasteiger partial charge in [0.05, 0.1) is 30.8 Å². The van der Waals surface area contributed by atoms with Crippen LogP contribution < -0.4 is 27.0 Å². The Morgan fingerprint density at radius 2 is 1.57 bits per heavy atom. The second-order valence-electron chi connectivity index (χ2n) is 11.1. The Bertz CT molecular complexity index is 894. The number of ether oxygens (including phenoxy) is 4. The molecule has 0 aromatic carbocycles. The van der Waals surface area contributed by atoms with Gasteiger partial charge in [-0.1, -0.05) is 0 Å². The molecule has 0 radical (unpaired) electrons. The highest BCUT2D eigenvalue weighted by Crippen LogP contribution is 2.32. The number of rotatable bonds is 9. The van der Waals surface area contributed by atoms with Gasteiger partial charge in [0.2, 0.25) is 17.7 Å². The summed E-state index contributed by atoms with van der Waals surface area (Å²) in [5, 5.41) is 44.0. The summed E-state index contributed by atoms with van der Waals surface area (Å²) in [7, 11) is 1.59. The summed E-state index contributed by atoms with van der Waals surface area (Å²) >= 11 is 0. The monoisotopic (exact) mass is 575 g/mol. The molecule has 15 nitrogen and oxygen atoms in total. The zero-order valence-electron chi connectivity index (χ0n) is 23.7. The van der Waals surface area contributed by atoms with Crippen LogP contribution in [0, 0.1) is 0 Å². The molecule has 12 atom stereocenters. The molecule has 0 aromatic rings.